The van der Waals surface area contributed by atoms with Gasteiger partial charge in [0.25, 0.3) is 5.91 Å². The topological polar surface area (TPSA) is 64.3 Å². The minimum Gasteiger partial charge on any atom is -0.336 e. The number of rotatable bonds is 3. The largest absolute Gasteiger partial charge is 0.336 e. The summed E-state index contributed by atoms with van der Waals surface area (Å²) >= 11 is 1.64. The lowest BCUT2D eigenvalue weighted by Crippen LogP contribution is -2.49. The molecular weight excluding hydrogens is 310 g/mol. The SMILES string of the molecule is O=C(c1cc(-c2cccs2)[nH]n1)N1CCC(N2CCNCC2)C1. The molecule has 0 bridgehead atoms. The van der Waals surface area contributed by atoms with Crippen molar-refractivity contribution in [1.29, 1.82) is 0 Å². The normalized spacial score (nSPS) is 22.6. The fraction of sp³-hybridized carbons (Fsp3) is 0.500. The third-order valence-corrected chi connectivity index (χ3v) is 5.61. The minimum absolute atomic E-state index is 0.0432. The van der Waals surface area contributed by atoms with Gasteiger partial charge in [0.05, 0.1) is 10.6 Å². The number of H-pyrrole nitrogens is 1. The molecule has 2 aliphatic heterocycles. The van der Waals surface area contributed by atoms with E-state index in [0.717, 1.165) is 56.3 Å². The molecule has 0 saturated carbocycles. The number of nitrogens with one attached hydrogen (secondary N) is 2. The Bertz CT molecular complexity index is 662. The first-order valence-corrected chi connectivity index (χ1v) is 9.02. The van der Waals surface area contributed by atoms with Gasteiger partial charge in [0.1, 0.15) is 0 Å². The van der Waals surface area contributed by atoms with Gasteiger partial charge >= 0.3 is 0 Å². The molecule has 0 aromatic carbocycles. The van der Waals surface area contributed by atoms with Crippen LogP contribution in [0.2, 0.25) is 0 Å². The highest BCUT2D eigenvalue weighted by atomic mass is 32.1. The molecule has 0 aliphatic carbocycles. The maximum atomic E-state index is 12.7. The van der Waals surface area contributed by atoms with Crippen LogP contribution in [0.3, 0.4) is 0 Å². The lowest BCUT2D eigenvalue weighted by atomic mass is 10.2. The summed E-state index contributed by atoms with van der Waals surface area (Å²) in [5.41, 5.74) is 1.44. The van der Waals surface area contributed by atoms with Crippen molar-refractivity contribution in [3.8, 4) is 10.6 Å². The Hall–Kier alpha value is -1.70. The zero-order valence-corrected chi connectivity index (χ0v) is 13.8. The first kappa shape index (κ1) is 14.9. The van der Waals surface area contributed by atoms with Crippen molar-refractivity contribution in [3.05, 3.63) is 29.3 Å². The molecule has 2 saturated heterocycles. The maximum Gasteiger partial charge on any atom is 0.274 e. The summed E-state index contributed by atoms with van der Waals surface area (Å²) < 4.78 is 0. The molecule has 1 unspecified atom stereocenters. The molecule has 2 aromatic rings. The average Bonchev–Trinajstić information content (AvgIpc) is 3.35. The summed E-state index contributed by atoms with van der Waals surface area (Å²) in [6.45, 7) is 5.91. The van der Waals surface area contributed by atoms with Crippen molar-refractivity contribution in [3.63, 3.8) is 0 Å². The molecule has 2 fully saturated rings. The lowest BCUT2D eigenvalue weighted by molar-refractivity contribution is 0.0767. The van der Waals surface area contributed by atoms with Crippen molar-refractivity contribution in [2.45, 2.75) is 12.5 Å². The van der Waals surface area contributed by atoms with Crippen LogP contribution >= 0.6 is 11.3 Å². The minimum atomic E-state index is 0.0432. The Morgan fingerprint density at radius 3 is 2.96 bits per heavy atom. The third-order valence-electron chi connectivity index (χ3n) is 4.70. The van der Waals surface area contributed by atoms with E-state index in [9.17, 15) is 4.79 Å². The number of thiophene rings is 1. The Morgan fingerprint density at radius 2 is 2.17 bits per heavy atom. The van der Waals surface area contributed by atoms with Gasteiger partial charge in [-0.3, -0.25) is 14.8 Å². The second kappa shape index (κ2) is 6.43. The number of aromatic nitrogens is 2. The summed E-state index contributed by atoms with van der Waals surface area (Å²) in [4.78, 5) is 18.2. The van der Waals surface area contributed by atoms with E-state index in [0.29, 0.717) is 11.7 Å². The fourth-order valence-corrected chi connectivity index (χ4v) is 4.12. The fourth-order valence-electron chi connectivity index (χ4n) is 3.42. The standard InChI is InChI=1S/C16H21N5OS/c22-16(14-10-13(18-19-14)15-2-1-9-23-15)21-6-3-12(11-21)20-7-4-17-5-8-20/h1-2,9-10,12,17H,3-8,11H2,(H,18,19). The van der Waals surface area contributed by atoms with Gasteiger partial charge in [0.15, 0.2) is 5.69 Å². The van der Waals surface area contributed by atoms with Crippen molar-refractivity contribution < 1.29 is 4.79 Å². The van der Waals surface area contributed by atoms with E-state index in [1.165, 1.54) is 0 Å². The average molecular weight is 331 g/mol. The van der Waals surface area contributed by atoms with Crippen LogP contribution in [-0.2, 0) is 0 Å². The monoisotopic (exact) mass is 331 g/mol. The predicted octanol–water partition coefficient (Wildman–Crippen LogP) is 1.26. The van der Waals surface area contributed by atoms with Gasteiger partial charge < -0.3 is 10.2 Å². The van der Waals surface area contributed by atoms with E-state index in [-0.39, 0.29) is 5.91 Å². The molecule has 0 radical (unpaired) electrons. The van der Waals surface area contributed by atoms with Gasteiger partial charge in [-0.15, -0.1) is 11.3 Å². The Morgan fingerprint density at radius 1 is 1.30 bits per heavy atom. The molecule has 1 amide bonds. The highest BCUT2D eigenvalue weighted by Gasteiger charge is 2.32. The smallest absolute Gasteiger partial charge is 0.274 e. The molecule has 2 aliphatic rings. The zero-order chi connectivity index (χ0) is 15.6. The predicted molar refractivity (Wildman–Crippen MR) is 90.7 cm³/mol. The van der Waals surface area contributed by atoms with E-state index in [1.807, 2.05) is 28.5 Å². The summed E-state index contributed by atoms with van der Waals surface area (Å²) in [7, 11) is 0. The van der Waals surface area contributed by atoms with Crippen molar-refractivity contribution in [2.75, 3.05) is 39.3 Å². The molecule has 6 nitrogen and oxygen atoms in total. The van der Waals surface area contributed by atoms with Gasteiger partial charge in [0.2, 0.25) is 0 Å². The van der Waals surface area contributed by atoms with Gasteiger partial charge in [-0.05, 0) is 23.9 Å². The molecule has 122 valence electrons. The maximum absolute atomic E-state index is 12.7. The van der Waals surface area contributed by atoms with Crippen molar-refractivity contribution in [2.24, 2.45) is 0 Å². The summed E-state index contributed by atoms with van der Waals surface area (Å²) in [5, 5.41) is 12.6. The van der Waals surface area contributed by atoms with E-state index < -0.39 is 0 Å². The molecule has 7 heteroatoms. The van der Waals surface area contributed by atoms with Crippen molar-refractivity contribution in [1.82, 2.24) is 25.3 Å². The van der Waals surface area contributed by atoms with E-state index in [2.05, 4.69) is 20.4 Å². The number of hydrogen-bond donors (Lipinski definition) is 2. The van der Waals surface area contributed by atoms with Crippen LogP contribution in [0.1, 0.15) is 16.9 Å². The van der Waals surface area contributed by atoms with Gasteiger partial charge in [0, 0.05) is 45.3 Å². The Kier molecular flexibility index (Phi) is 4.15. The second-order valence-electron chi connectivity index (χ2n) is 6.12. The molecule has 4 heterocycles. The molecule has 0 spiro atoms. The van der Waals surface area contributed by atoms with Gasteiger partial charge in [-0.25, -0.2) is 0 Å². The van der Waals surface area contributed by atoms with Crippen LogP contribution < -0.4 is 5.32 Å². The second-order valence-corrected chi connectivity index (χ2v) is 7.07. The number of carbonyl (C=O) groups is 1. The number of likely N-dealkylation sites (tertiary alicyclic amines) is 1. The van der Waals surface area contributed by atoms with Crippen molar-refractivity contribution >= 4 is 17.2 Å². The number of carbonyl (C=O) groups excluding carboxylic acids is 1. The molecule has 23 heavy (non-hydrogen) atoms. The Labute approximate surface area is 139 Å². The molecular formula is C16H21N5OS. The number of amides is 1. The van der Waals surface area contributed by atoms with Crippen LogP contribution in [0.25, 0.3) is 10.6 Å². The first-order valence-electron chi connectivity index (χ1n) is 8.14. The van der Waals surface area contributed by atoms with Crippen LogP contribution in [0, 0.1) is 0 Å². The quantitative estimate of drug-likeness (QED) is 0.889. The van der Waals surface area contributed by atoms with E-state index in [4.69, 9.17) is 0 Å². The van der Waals surface area contributed by atoms with Crippen LogP contribution in [-0.4, -0.2) is 71.2 Å². The van der Waals surface area contributed by atoms with Crippen LogP contribution in [0.4, 0.5) is 0 Å². The molecule has 4 rings (SSSR count). The summed E-state index contributed by atoms with van der Waals surface area (Å²) in [5.74, 6) is 0.0432. The lowest BCUT2D eigenvalue weighted by Gasteiger charge is -2.32. The summed E-state index contributed by atoms with van der Waals surface area (Å²) in [6.07, 6.45) is 1.06. The Balaban J connectivity index is 1.41. The number of piperazine rings is 1. The molecule has 2 N–H and O–H groups in total. The van der Waals surface area contributed by atoms with Gasteiger partial charge in [-0.1, -0.05) is 6.07 Å². The summed E-state index contributed by atoms with van der Waals surface area (Å²) in [6, 6.07) is 6.40. The van der Waals surface area contributed by atoms with E-state index in [1.54, 1.807) is 11.3 Å². The van der Waals surface area contributed by atoms with Crippen LogP contribution in [0.15, 0.2) is 23.6 Å². The number of aromatic amines is 1. The number of hydrogen-bond acceptors (Lipinski definition) is 5. The first-order chi connectivity index (χ1) is 11.3. The highest BCUT2D eigenvalue weighted by molar-refractivity contribution is 7.13. The zero-order valence-electron chi connectivity index (χ0n) is 13.0. The third kappa shape index (κ3) is 3.04. The highest BCUT2D eigenvalue weighted by Crippen LogP contribution is 2.24. The van der Waals surface area contributed by atoms with Crippen LogP contribution in [0.5, 0.6) is 0 Å². The van der Waals surface area contributed by atoms with E-state index >= 15 is 0 Å². The molecule has 2 aromatic heterocycles. The number of nitrogens with zero attached hydrogens (tertiary/aromatic N) is 3. The molecule has 1 atom stereocenters. The van der Waals surface area contributed by atoms with Gasteiger partial charge in [-0.2, -0.15) is 5.10 Å².